The first-order valence-corrected chi connectivity index (χ1v) is 12.8. The average molecular weight is 562 g/mol. The summed E-state index contributed by atoms with van der Waals surface area (Å²) < 4.78 is 10.5. The fourth-order valence-corrected chi connectivity index (χ4v) is 2.89. The zero-order chi connectivity index (χ0) is 27.2. The van der Waals surface area contributed by atoms with Gasteiger partial charge in [-0.05, 0) is 53.1 Å². The van der Waals surface area contributed by atoms with E-state index in [2.05, 4.69) is 5.32 Å². The van der Waals surface area contributed by atoms with Crippen LogP contribution in [0, 0.1) is 0 Å². The maximum Gasteiger partial charge on any atom is 0.410 e. The van der Waals surface area contributed by atoms with Crippen LogP contribution in [0.1, 0.15) is 41.5 Å². The monoisotopic (exact) mass is 560 g/mol. The topological polar surface area (TPSA) is 108 Å². The van der Waals surface area contributed by atoms with Crippen LogP contribution in [0.25, 0.3) is 0 Å². The summed E-state index contributed by atoms with van der Waals surface area (Å²) in [6, 6.07) is 0. The van der Waals surface area contributed by atoms with E-state index in [1.54, 1.807) is 14.7 Å². The summed E-state index contributed by atoms with van der Waals surface area (Å²) in [5.41, 5.74) is -0.873. The standard InChI is InChI=1S/C11H19ClN2O3.C9H18N2O2.C2H2Cl2O/c1-11(2,3)17-10(16)14-6-4-13(5-7-14)9(15)8-12;1-9(2,3)13-8(12)11-6-4-10-5-7-11;3-1-2(4)5/h4-8H2,1-3H3;10H,4-7H2,1-3H3;1H2. The maximum absolute atomic E-state index is 11.7. The van der Waals surface area contributed by atoms with Crippen molar-refractivity contribution in [2.45, 2.75) is 52.7 Å². The molecule has 0 aromatic carbocycles. The van der Waals surface area contributed by atoms with Gasteiger partial charge < -0.3 is 29.5 Å². The molecule has 2 aliphatic heterocycles. The Morgan fingerprint density at radius 2 is 1.03 bits per heavy atom. The summed E-state index contributed by atoms with van der Waals surface area (Å²) in [7, 11) is 0. The van der Waals surface area contributed by atoms with Crippen molar-refractivity contribution >= 4 is 58.1 Å². The van der Waals surface area contributed by atoms with Crippen molar-refractivity contribution in [3.63, 3.8) is 0 Å². The molecule has 204 valence electrons. The van der Waals surface area contributed by atoms with E-state index < -0.39 is 10.8 Å². The fraction of sp³-hybridized carbons (Fsp3) is 0.818. The smallest absolute Gasteiger partial charge is 0.410 e. The third-order valence-corrected chi connectivity index (χ3v) is 5.01. The number of alkyl halides is 2. The minimum absolute atomic E-state index is 0.00750. The van der Waals surface area contributed by atoms with Crippen LogP contribution in [0.5, 0.6) is 0 Å². The Labute approximate surface area is 223 Å². The van der Waals surface area contributed by atoms with Gasteiger partial charge in [0, 0.05) is 52.4 Å². The molecule has 13 heteroatoms. The Morgan fingerprint density at radius 3 is 1.34 bits per heavy atom. The molecule has 2 saturated heterocycles. The van der Waals surface area contributed by atoms with Crippen LogP contribution in [0.3, 0.4) is 0 Å². The normalized spacial score (nSPS) is 16.2. The van der Waals surface area contributed by atoms with Gasteiger partial charge in [-0.3, -0.25) is 9.59 Å². The van der Waals surface area contributed by atoms with E-state index in [0.717, 1.165) is 26.2 Å². The molecule has 0 radical (unpaired) electrons. The average Bonchev–Trinajstić information content (AvgIpc) is 2.77. The first kappa shape index (κ1) is 33.5. The van der Waals surface area contributed by atoms with Crippen molar-refractivity contribution in [3.8, 4) is 0 Å². The number of nitrogens with one attached hydrogen (secondary N) is 1. The number of hydrogen-bond donors (Lipinski definition) is 1. The predicted octanol–water partition coefficient (Wildman–Crippen LogP) is 3.12. The first-order chi connectivity index (χ1) is 16.1. The van der Waals surface area contributed by atoms with Gasteiger partial charge in [-0.15, -0.1) is 23.2 Å². The van der Waals surface area contributed by atoms with E-state index in [9.17, 15) is 19.2 Å². The molecule has 0 aromatic heterocycles. The number of piperazine rings is 2. The van der Waals surface area contributed by atoms with Gasteiger partial charge in [0.25, 0.3) is 0 Å². The van der Waals surface area contributed by atoms with Gasteiger partial charge in [-0.2, -0.15) is 0 Å². The number of rotatable bonds is 2. The highest BCUT2D eigenvalue weighted by Crippen LogP contribution is 2.12. The first-order valence-electron chi connectivity index (χ1n) is 11.3. The second kappa shape index (κ2) is 16.3. The molecule has 35 heavy (non-hydrogen) atoms. The Morgan fingerprint density at radius 1 is 0.686 bits per heavy atom. The van der Waals surface area contributed by atoms with Gasteiger partial charge in [0.1, 0.15) is 17.1 Å². The molecule has 1 N–H and O–H groups in total. The highest BCUT2D eigenvalue weighted by Gasteiger charge is 2.27. The highest BCUT2D eigenvalue weighted by molar-refractivity contribution is 6.67. The molecule has 0 atom stereocenters. The van der Waals surface area contributed by atoms with Crippen LogP contribution in [0.2, 0.25) is 0 Å². The molecular weight excluding hydrogens is 523 g/mol. The van der Waals surface area contributed by atoms with Crippen LogP contribution in [-0.2, 0) is 19.1 Å². The van der Waals surface area contributed by atoms with Crippen molar-refractivity contribution in [2.24, 2.45) is 0 Å². The fourth-order valence-electron chi connectivity index (χ4n) is 2.72. The Hall–Kier alpha value is -1.49. The molecular formula is C22H39Cl3N4O6. The van der Waals surface area contributed by atoms with Crippen molar-refractivity contribution in [2.75, 3.05) is 64.1 Å². The number of amides is 3. The predicted molar refractivity (Wildman–Crippen MR) is 137 cm³/mol. The van der Waals surface area contributed by atoms with Crippen molar-refractivity contribution in [3.05, 3.63) is 0 Å². The summed E-state index contributed by atoms with van der Waals surface area (Å²) in [5, 5.41) is 2.68. The minimum Gasteiger partial charge on any atom is -0.444 e. The lowest BCUT2D eigenvalue weighted by Crippen LogP contribution is -2.51. The second-order valence-corrected chi connectivity index (χ2v) is 10.6. The Bertz CT molecular complexity index is 684. The molecule has 3 amide bonds. The third-order valence-electron chi connectivity index (χ3n) is 4.27. The summed E-state index contributed by atoms with van der Waals surface area (Å²) in [4.78, 5) is 49.0. The van der Waals surface area contributed by atoms with Crippen LogP contribution < -0.4 is 5.32 Å². The van der Waals surface area contributed by atoms with Crippen molar-refractivity contribution < 1.29 is 28.7 Å². The van der Waals surface area contributed by atoms with E-state index in [0.29, 0.717) is 26.2 Å². The van der Waals surface area contributed by atoms with Crippen LogP contribution >= 0.6 is 34.8 Å². The second-order valence-electron chi connectivity index (χ2n) is 9.69. The molecule has 0 bridgehead atoms. The Balaban J connectivity index is 0.000000567. The number of carbonyl (C=O) groups excluding carboxylic acids is 4. The summed E-state index contributed by atoms with van der Waals surface area (Å²) in [6.07, 6.45) is -0.524. The van der Waals surface area contributed by atoms with E-state index in [-0.39, 0.29) is 35.5 Å². The summed E-state index contributed by atoms with van der Waals surface area (Å²) >= 11 is 15.0. The van der Waals surface area contributed by atoms with Gasteiger partial charge in [-0.1, -0.05) is 0 Å². The molecule has 10 nitrogen and oxygen atoms in total. The number of halogens is 3. The third kappa shape index (κ3) is 16.7. The van der Waals surface area contributed by atoms with Gasteiger partial charge in [0.15, 0.2) is 0 Å². The maximum atomic E-state index is 11.7. The molecule has 0 saturated carbocycles. The lowest BCUT2D eigenvalue weighted by atomic mass is 10.2. The Kier molecular flexibility index (Phi) is 15.6. The van der Waals surface area contributed by atoms with Crippen LogP contribution in [0.15, 0.2) is 0 Å². The molecule has 0 spiro atoms. The molecule has 0 aliphatic carbocycles. The van der Waals surface area contributed by atoms with Gasteiger partial charge >= 0.3 is 12.2 Å². The number of hydrogen-bond acceptors (Lipinski definition) is 7. The van der Waals surface area contributed by atoms with E-state index >= 15 is 0 Å². The largest absolute Gasteiger partial charge is 0.444 e. The number of nitrogens with zero attached hydrogens (tertiary/aromatic N) is 3. The van der Waals surface area contributed by atoms with Gasteiger partial charge in [-0.25, -0.2) is 9.59 Å². The molecule has 2 rings (SSSR count). The zero-order valence-corrected chi connectivity index (χ0v) is 23.8. The molecule has 0 aromatic rings. The summed E-state index contributed by atoms with van der Waals surface area (Å²) in [5.74, 6) is -0.191. The molecule has 0 unspecified atom stereocenters. The summed E-state index contributed by atoms with van der Waals surface area (Å²) in [6.45, 7) is 16.4. The molecule has 2 fully saturated rings. The van der Waals surface area contributed by atoms with Crippen LogP contribution in [-0.4, -0.2) is 113 Å². The quantitative estimate of drug-likeness (QED) is 0.408. The van der Waals surface area contributed by atoms with Crippen LogP contribution in [0.4, 0.5) is 9.59 Å². The lowest BCUT2D eigenvalue weighted by Gasteiger charge is -2.35. The lowest BCUT2D eigenvalue weighted by molar-refractivity contribution is -0.130. The minimum atomic E-state index is -0.508. The highest BCUT2D eigenvalue weighted by atomic mass is 35.5. The van der Waals surface area contributed by atoms with E-state index in [1.165, 1.54) is 0 Å². The van der Waals surface area contributed by atoms with Crippen molar-refractivity contribution in [1.29, 1.82) is 0 Å². The van der Waals surface area contributed by atoms with Gasteiger partial charge in [0.05, 0.1) is 5.88 Å². The van der Waals surface area contributed by atoms with Crippen molar-refractivity contribution in [1.82, 2.24) is 20.0 Å². The SMILES string of the molecule is CC(C)(C)OC(=O)N1CCN(C(=O)CCl)CC1.CC(C)(C)OC(=O)N1CCNCC1.O=C(Cl)CCl. The van der Waals surface area contributed by atoms with E-state index in [4.69, 9.17) is 44.3 Å². The van der Waals surface area contributed by atoms with Gasteiger partial charge in [0.2, 0.25) is 11.1 Å². The number of carbonyl (C=O) groups is 4. The molecule has 2 aliphatic rings. The van der Waals surface area contributed by atoms with E-state index in [1.807, 2.05) is 41.5 Å². The molecule has 2 heterocycles. The zero-order valence-electron chi connectivity index (χ0n) is 21.5. The number of ether oxygens (including phenoxy) is 2.